The van der Waals surface area contributed by atoms with Gasteiger partial charge in [0.1, 0.15) is 0 Å². The number of nitrogens with zero attached hydrogens (tertiary/aromatic N) is 3. The molecule has 0 unspecified atom stereocenters. The standard InChI is InChI=1S/C29H19Cl3F3N5O2S/c30-21-11-9-18(13-23(21)32)40-25(14-36-27(42)20-7-3-5-16-4-1-2-6-19(16)20)38-39-28(40)43-15-26(41)37-24-12-17(29(33,34)35)8-10-22(24)31/h1-13H,14-15H2,(H,36,42)(H,37,41). The van der Waals surface area contributed by atoms with Crippen molar-refractivity contribution in [3.8, 4) is 5.69 Å². The molecule has 4 aromatic carbocycles. The van der Waals surface area contributed by atoms with Crippen molar-refractivity contribution in [1.29, 1.82) is 0 Å². The molecule has 0 aliphatic carbocycles. The quantitative estimate of drug-likeness (QED) is 0.164. The molecular formula is C29H19Cl3F3N5O2S. The fourth-order valence-corrected chi connectivity index (χ4v) is 5.41. The zero-order chi connectivity index (χ0) is 30.7. The van der Waals surface area contributed by atoms with Crippen LogP contribution < -0.4 is 10.6 Å². The van der Waals surface area contributed by atoms with Crippen LogP contribution in [0, 0.1) is 0 Å². The number of thioether (sulfide) groups is 1. The van der Waals surface area contributed by atoms with E-state index in [-0.39, 0.29) is 39.1 Å². The molecule has 5 rings (SSSR count). The number of amides is 2. The van der Waals surface area contributed by atoms with E-state index in [2.05, 4.69) is 20.8 Å². The molecule has 1 aromatic heterocycles. The van der Waals surface area contributed by atoms with E-state index in [1.165, 1.54) is 0 Å². The maximum absolute atomic E-state index is 13.1. The minimum absolute atomic E-state index is 0.0259. The number of anilines is 1. The molecule has 0 fully saturated rings. The number of aromatic nitrogens is 3. The smallest absolute Gasteiger partial charge is 0.345 e. The highest BCUT2D eigenvalue weighted by Crippen LogP contribution is 2.34. The highest BCUT2D eigenvalue weighted by Gasteiger charge is 2.31. The molecule has 0 saturated carbocycles. The monoisotopic (exact) mass is 663 g/mol. The molecule has 0 aliphatic rings. The van der Waals surface area contributed by atoms with Crippen LogP contribution in [0.1, 0.15) is 21.7 Å². The molecule has 1 heterocycles. The van der Waals surface area contributed by atoms with Crippen LogP contribution in [0.2, 0.25) is 15.1 Å². The van der Waals surface area contributed by atoms with Gasteiger partial charge in [0.15, 0.2) is 11.0 Å². The van der Waals surface area contributed by atoms with Gasteiger partial charge < -0.3 is 10.6 Å². The number of carbonyl (C=O) groups is 2. The molecule has 0 aliphatic heterocycles. The summed E-state index contributed by atoms with van der Waals surface area (Å²) < 4.78 is 41.0. The zero-order valence-electron chi connectivity index (χ0n) is 21.8. The van der Waals surface area contributed by atoms with Gasteiger partial charge in [0.05, 0.1) is 44.3 Å². The van der Waals surface area contributed by atoms with E-state index >= 15 is 0 Å². The van der Waals surface area contributed by atoms with Gasteiger partial charge >= 0.3 is 6.18 Å². The van der Waals surface area contributed by atoms with E-state index in [0.717, 1.165) is 40.7 Å². The Morgan fingerprint density at radius 3 is 2.37 bits per heavy atom. The van der Waals surface area contributed by atoms with Gasteiger partial charge in [-0.1, -0.05) is 83.0 Å². The van der Waals surface area contributed by atoms with Crippen LogP contribution in [0.25, 0.3) is 16.5 Å². The van der Waals surface area contributed by atoms with Crippen molar-refractivity contribution >= 4 is 74.8 Å². The van der Waals surface area contributed by atoms with Gasteiger partial charge in [0.2, 0.25) is 5.91 Å². The summed E-state index contributed by atoms with van der Waals surface area (Å²) in [5, 5.41) is 16.1. The molecule has 0 radical (unpaired) electrons. The number of fused-ring (bicyclic) bond motifs is 1. The normalized spacial score (nSPS) is 11.5. The Morgan fingerprint density at radius 2 is 1.60 bits per heavy atom. The summed E-state index contributed by atoms with van der Waals surface area (Å²) >= 11 is 19.3. The number of hydrogen-bond acceptors (Lipinski definition) is 5. The van der Waals surface area contributed by atoms with E-state index in [1.807, 2.05) is 30.3 Å². The van der Waals surface area contributed by atoms with E-state index in [0.29, 0.717) is 22.1 Å². The third-order valence-corrected chi connectivity index (χ3v) is 8.20. The zero-order valence-corrected chi connectivity index (χ0v) is 24.8. The Bertz CT molecular complexity index is 1840. The van der Waals surface area contributed by atoms with Crippen LogP contribution in [0.3, 0.4) is 0 Å². The molecule has 2 N–H and O–H groups in total. The van der Waals surface area contributed by atoms with Crippen LogP contribution in [-0.4, -0.2) is 32.3 Å². The van der Waals surface area contributed by atoms with Crippen molar-refractivity contribution in [2.45, 2.75) is 17.9 Å². The fraction of sp³-hybridized carbons (Fsp3) is 0.103. The van der Waals surface area contributed by atoms with Crippen LogP contribution in [-0.2, 0) is 17.5 Å². The molecule has 2 amide bonds. The number of halogens is 6. The van der Waals surface area contributed by atoms with Gasteiger partial charge in [-0.25, -0.2) is 0 Å². The van der Waals surface area contributed by atoms with Crippen molar-refractivity contribution in [2.75, 3.05) is 11.1 Å². The van der Waals surface area contributed by atoms with Crippen molar-refractivity contribution < 1.29 is 22.8 Å². The summed E-state index contributed by atoms with van der Waals surface area (Å²) in [6, 6.07) is 20.4. The second-order valence-electron chi connectivity index (χ2n) is 9.07. The summed E-state index contributed by atoms with van der Waals surface area (Å²) in [7, 11) is 0. The second-order valence-corrected chi connectivity index (χ2v) is 11.2. The Morgan fingerprint density at radius 1 is 0.860 bits per heavy atom. The molecule has 43 heavy (non-hydrogen) atoms. The van der Waals surface area contributed by atoms with E-state index < -0.39 is 17.6 Å². The first kappa shape index (κ1) is 30.7. The molecule has 0 atom stereocenters. The summed E-state index contributed by atoms with van der Waals surface area (Å²) in [5.74, 6) is -0.863. The second kappa shape index (κ2) is 12.8. The van der Waals surface area contributed by atoms with Crippen molar-refractivity contribution in [2.24, 2.45) is 0 Å². The lowest BCUT2D eigenvalue weighted by atomic mass is 10.0. The SMILES string of the molecule is O=C(CSc1nnc(CNC(=O)c2cccc3ccccc23)n1-c1ccc(Cl)c(Cl)c1)Nc1cc(C(F)(F)F)ccc1Cl. The molecule has 5 aromatic rings. The molecule has 14 heteroatoms. The first-order valence-corrected chi connectivity index (χ1v) is 14.6. The number of carbonyl (C=O) groups excluding carboxylic acids is 2. The molecule has 0 spiro atoms. The van der Waals surface area contributed by atoms with Gasteiger partial charge in [0.25, 0.3) is 5.91 Å². The number of hydrogen-bond donors (Lipinski definition) is 2. The van der Waals surface area contributed by atoms with Gasteiger partial charge in [-0.3, -0.25) is 14.2 Å². The average molecular weight is 665 g/mol. The molecule has 0 saturated heterocycles. The van der Waals surface area contributed by atoms with Crippen molar-refractivity contribution in [1.82, 2.24) is 20.1 Å². The summed E-state index contributed by atoms with van der Waals surface area (Å²) in [6.45, 7) is -0.0259. The first-order chi connectivity index (χ1) is 20.5. The van der Waals surface area contributed by atoms with Gasteiger partial charge in [-0.05, 0) is 53.2 Å². The summed E-state index contributed by atoms with van der Waals surface area (Å²) in [5.41, 5.74) is -0.129. The predicted molar refractivity (Wildman–Crippen MR) is 162 cm³/mol. The minimum Gasteiger partial charge on any atom is -0.345 e. The molecule has 0 bridgehead atoms. The number of rotatable bonds is 8. The topological polar surface area (TPSA) is 88.9 Å². The van der Waals surface area contributed by atoms with Crippen LogP contribution in [0.5, 0.6) is 0 Å². The Kier molecular flexibility index (Phi) is 9.16. The number of nitrogens with one attached hydrogen (secondary N) is 2. The maximum atomic E-state index is 13.1. The van der Waals surface area contributed by atoms with Gasteiger partial charge in [0, 0.05) is 5.56 Å². The highest BCUT2D eigenvalue weighted by atomic mass is 35.5. The Hall–Kier alpha value is -3.77. The van der Waals surface area contributed by atoms with E-state index in [1.54, 1.807) is 34.9 Å². The third-order valence-electron chi connectivity index (χ3n) is 6.20. The summed E-state index contributed by atoms with van der Waals surface area (Å²) in [4.78, 5) is 25.8. The van der Waals surface area contributed by atoms with Crippen molar-refractivity contribution in [3.63, 3.8) is 0 Å². The summed E-state index contributed by atoms with van der Waals surface area (Å²) in [6.07, 6.45) is -4.60. The Balaban J connectivity index is 1.36. The predicted octanol–water partition coefficient (Wildman–Crippen LogP) is 8.06. The lowest BCUT2D eigenvalue weighted by Gasteiger charge is -2.13. The third kappa shape index (κ3) is 7.07. The molecule has 220 valence electrons. The van der Waals surface area contributed by atoms with Crippen LogP contribution >= 0.6 is 46.6 Å². The largest absolute Gasteiger partial charge is 0.416 e. The van der Waals surface area contributed by atoms with Crippen LogP contribution in [0.15, 0.2) is 84.0 Å². The highest BCUT2D eigenvalue weighted by molar-refractivity contribution is 7.99. The van der Waals surface area contributed by atoms with Crippen LogP contribution in [0.4, 0.5) is 18.9 Å². The Labute approximate surface area is 262 Å². The fourth-order valence-electron chi connectivity index (χ4n) is 4.18. The molecule has 7 nitrogen and oxygen atoms in total. The lowest BCUT2D eigenvalue weighted by Crippen LogP contribution is -2.25. The average Bonchev–Trinajstić information content (AvgIpc) is 3.39. The number of alkyl halides is 3. The molecular weight excluding hydrogens is 646 g/mol. The van der Waals surface area contributed by atoms with Gasteiger partial charge in [-0.15, -0.1) is 10.2 Å². The maximum Gasteiger partial charge on any atom is 0.416 e. The van der Waals surface area contributed by atoms with Gasteiger partial charge in [-0.2, -0.15) is 13.2 Å². The minimum atomic E-state index is -4.60. The van der Waals surface area contributed by atoms with E-state index in [4.69, 9.17) is 34.8 Å². The number of benzene rings is 4. The van der Waals surface area contributed by atoms with E-state index in [9.17, 15) is 22.8 Å². The lowest BCUT2D eigenvalue weighted by molar-refractivity contribution is -0.137. The van der Waals surface area contributed by atoms with Crippen molar-refractivity contribution in [3.05, 3.63) is 111 Å². The first-order valence-electron chi connectivity index (χ1n) is 12.5.